The van der Waals surface area contributed by atoms with Gasteiger partial charge in [0.25, 0.3) is 5.56 Å². The molecule has 0 aliphatic heterocycles. The highest BCUT2D eigenvalue weighted by Gasteiger charge is 2.22. The Bertz CT molecular complexity index is 1740. The van der Waals surface area contributed by atoms with Crippen LogP contribution in [0.25, 0.3) is 27.8 Å². The number of urea groups is 1. The molecular weight excluding hydrogens is 508 g/mol. The van der Waals surface area contributed by atoms with Crippen LogP contribution in [-0.2, 0) is 5.41 Å². The second kappa shape index (κ2) is 10.3. The van der Waals surface area contributed by atoms with Gasteiger partial charge in [0.2, 0.25) is 5.95 Å². The van der Waals surface area contributed by atoms with E-state index >= 15 is 0 Å². The summed E-state index contributed by atoms with van der Waals surface area (Å²) in [5.41, 5.74) is 3.33. The summed E-state index contributed by atoms with van der Waals surface area (Å²) in [5.74, 6) is 0.935. The number of aromatic nitrogens is 7. The second-order valence-corrected chi connectivity index (χ2v) is 10.7. The lowest BCUT2D eigenvalue weighted by molar-refractivity contribution is 0.262. The Hall–Kier alpha value is -5.00. The third-order valence-electron chi connectivity index (χ3n) is 6.39. The minimum Gasteiger partial charge on any atom is -0.357 e. The molecule has 0 aliphatic carbocycles. The predicted octanol–water partition coefficient (Wildman–Crippen LogP) is 4.93. The van der Waals surface area contributed by atoms with E-state index in [0.717, 1.165) is 11.1 Å². The van der Waals surface area contributed by atoms with Gasteiger partial charge in [0.15, 0.2) is 0 Å². The number of anilines is 3. The summed E-state index contributed by atoms with van der Waals surface area (Å²) in [4.78, 5) is 35.5. The number of rotatable bonds is 6. The van der Waals surface area contributed by atoms with Gasteiger partial charge in [-0.2, -0.15) is 15.2 Å². The Kier molecular flexibility index (Phi) is 6.84. The largest absolute Gasteiger partial charge is 0.357 e. The molecule has 5 rings (SSSR count). The number of benzene rings is 1. The highest BCUT2D eigenvalue weighted by atomic mass is 16.2. The van der Waals surface area contributed by atoms with Crippen LogP contribution in [0.5, 0.6) is 0 Å². The third-order valence-corrected chi connectivity index (χ3v) is 6.39. The lowest BCUT2D eigenvalue weighted by Crippen LogP contribution is -2.25. The van der Waals surface area contributed by atoms with Gasteiger partial charge < -0.3 is 10.6 Å². The molecule has 0 atom stereocenters. The molecule has 0 saturated carbocycles. The van der Waals surface area contributed by atoms with Crippen LogP contribution < -0.4 is 21.5 Å². The number of hydrogen-bond acceptors (Lipinski definition) is 7. The SMILES string of the molecule is CNc1ncc2cc(-c3cccc(NC(=O)Nc4cc(C(C)(C)C)nn4-c4cn[nH]c4)c3)c(=O)n(C(C)C)c2n1. The van der Waals surface area contributed by atoms with Crippen LogP contribution in [0.4, 0.5) is 22.2 Å². The molecule has 4 aromatic heterocycles. The van der Waals surface area contributed by atoms with E-state index in [1.807, 2.05) is 26.0 Å². The van der Waals surface area contributed by atoms with Crippen LogP contribution in [0.2, 0.25) is 0 Å². The molecule has 0 fully saturated rings. The normalized spacial score (nSPS) is 11.7. The average molecular weight is 541 g/mol. The van der Waals surface area contributed by atoms with Crippen molar-refractivity contribution in [2.45, 2.75) is 46.1 Å². The van der Waals surface area contributed by atoms with Crippen LogP contribution in [-0.4, -0.2) is 47.6 Å². The fraction of sp³-hybridized carbons (Fsp3) is 0.286. The molecule has 12 heteroatoms. The van der Waals surface area contributed by atoms with Crippen molar-refractivity contribution in [1.82, 2.24) is 34.5 Å². The van der Waals surface area contributed by atoms with E-state index in [0.29, 0.717) is 39.9 Å². The maximum atomic E-state index is 13.6. The Balaban J connectivity index is 1.46. The van der Waals surface area contributed by atoms with Gasteiger partial charge in [-0.15, -0.1) is 0 Å². The van der Waals surface area contributed by atoms with E-state index in [1.54, 1.807) is 59.2 Å². The number of H-pyrrole nitrogens is 1. The van der Waals surface area contributed by atoms with Crippen molar-refractivity contribution in [3.05, 3.63) is 71.0 Å². The smallest absolute Gasteiger partial charge is 0.324 e. The zero-order valence-electron chi connectivity index (χ0n) is 23.3. The maximum absolute atomic E-state index is 13.6. The first-order valence-electron chi connectivity index (χ1n) is 12.9. The number of carbonyl (C=O) groups is 1. The first-order chi connectivity index (χ1) is 19.0. The average Bonchev–Trinajstić information content (AvgIpc) is 3.58. The third kappa shape index (κ3) is 5.15. The standard InChI is InChI=1S/C28H32N10O2/c1-16(2)37-24-18(13-30-26(29-6)35-24)11-21(25(37)39)17-8-7-9-19(10-17)33-27(40)34-23-12-22(28(3,4)5)36-38(23)20-14-31-32-15-20/h7-16H,1-6H3,(H,31,32)(H,29,30,35)(H2,33,34,40). The Morgan fingerprint density at radius 3 is 2.55 bits per heavy atom. The number of pyridine rings is 1. The summed E-state index contributed by atoms with van der Waals surface area (Å²) in [7, 11) is 1.73. The van der Waals surface area contributed by atoms with Gasteiger partial charge in [0.1, 0.15) is 17.2 Å². The summed E-state index contributed by atoms with van der Waals surface area (Å²) in [6, 6.07) is 10.2. The van der Waals surface area contributed by atoms with Gasteiger partial charge in [0, 0.05) is 53.6 Å². The fourth-order valence-electron chi connectivity index (χ4n) is 4.36. The summed E-state index contributed by atoms with van der Waals surface area (Å²) < 4.78 is 3.29. The number of carbonyl (C=O) groups excluding carboxylic acids is 1. The van der Waals surface area contributed by atoms with Crippen LogP contribution >= 0.6 is 0 Å². The lowest BCUT2D eigenvalue weighted by atomic mass is 9.92. The number of hydrogen-bond donors (Lipinski definition) is 4. The number of nitrogens with one attached hydrogen (secondary N) is 4. The number of fused-ring (bicyclic) bond motifs is 1. The Morgan fingerprint density at radius 2 is 1.88 bits per heavy atom. The molecule has 40 heavy (non-hydrogen) atoms. The number of amides is 2. The van der Waals surface area contributed by atoms with E-state index in [-0.39, 0.29) is 17.0 Å². The number of nitrogens with zero attached hydrogens (tertiary/aromatic N) is 6. The zero-order valence-corrected chi connectivity index (χ0v) is 23.3. The molecule has 206 valence electrons. The van der Waals surface area contributed by atoms with Gasteiger partial charge in [-0.1, -0.05) is 32.9 Å². The van der Waals surface area contributed by atoms with Crippen LogP contribution in [0.15, 0.2) is 59.8 Å². The van der Waals surface area contributed by atoms with Gasteiger partial charge in [-0.05, 0) is 37.6 Å². The summed E-state index contributed by atoms with van der Waals surface area (Å²) in [6.07, 6.45) is 5.02. The van der Waals surface area contributed by atoms with Crippen molar-refractivity contribution < 1.29 is 4.79 Å². The molecule has 0 aliphatic rings. The molecule has 0 bridgehead atoms. The molecular formula is C28H32N10O2. The molecule has 5 aromatic rings. The molecule has 0 spiro atoms. The molecule has 0 unspecified atom stereocenters. The topological polar surface area (TPSA) is 147 Å². The summed E-state index contributed by atoms with van der Waals surface area (Å²) in [5, 5.41) is 20.9. The highest BCUT2D eigenvalue weighted by Crippen LogP contribution is 2.27. The summed E-state index contributed by atoms with van der Waals surface area (Å²) >= 11 is 0. The van der Waals surface area contributed by atoms with E-state index in [1.165, 1.54) is 0 Å². The molecule has 1 aromatic carbocycles. The van der Waals surface area contributed by atoms with Gasteiger partial charge in [-0.25, -0.2) is 14.5 Å². The van der Waals surface area contributed by atoms with Crippen molar-refractivity contribution in [2.75, 3.05) is 23.0 Å². The fourth-order valence-corrected chi connectivity index (χ4v) is 4.36. The van der Waals surface area contributed by atoms with Gasteiger partial charge in [0.05, 0.1) is 11.9 Å². The monoisotopic (exact) mass is 540 g/mol. The summed E-state index contributed by atoms with van der Waals surface area (Å²) in [6.45, 7) is 10.0. The van der Waals surface area contributed by atoms with E-state index < -0.39 is 6.03 Å². The van der Waals surface area contributed by atoms with Crippen molar-refractivity contribution in [1.29, 1.82) is 0 Å². The van der Waals surface area contributed by atoms with Crippen LogP contribution in [0.1, 0.15) is 46.4 Å². The molecule has 0 saturated heterocycles. The minimum absolute atomic E-state index is 0.125. The second-order valence-electron chi connectivity index (χ2n) is 10.7. The Labute approximate surface area is 230 Å². The quantitative estimate of drug-likeness (QED) is 0.239. The van der Waals surface area contributed by atoms with E-state index in [4.69, 9.17) is 0 Å². The van der Waals surface area contributed by atoms with E-state index in [9.17, 15) is 9.59 Å². The zero-order chi connectivity index (χ0) is 28.6. The molecule has 0 radical (unpaired) electrons. The van der Waals surface area contributed by atoms with E-state index in [2.05, 4.69) is 62.0 Å². The molecule has 2 amide bonds. The van der Waals surface area contributed by atoms with Crippen molar-refractivity contribution in [3.8, 4) is 16.8 Å². The van der Waals surface area contributed by atoms with Crippen molar-refractivity contribution in [3.63, 3.8) is 0 Å². The van der Waals surface area contributed by atoms with Crippen LogP contribution in [0, 0.1) is 0 Å². The van der Waals surface area contributed by atoms with Gasteiger partial charge >= 0.3 is 6.03 Å². The minimum atomic E-state index is -0.451. The number of aromatic amines is 1. The van der Waals surface area contributed by atoms with Gasteiger partial charge in [-0.3, -0.25) is 19.8 Å². The molecule has 12 nitrogen and oxygen atoms in total. The van der Waals surface area contributed by atoms with Crippen molar-refractivity contribution in [2.24, 2.45) is 0 Å². The molecule has 4 heterocycles. The van der Waals surface area contributed by atoms with Crippen molar-refractivity contribution >= 4 is 34.5 Å². The predicted molar refractivity (Wildman–Crippen MR) is 156 cm³/mol. The van der Waals surface area contributed by atoms with Crippen LogP contribution in [0.3, 0.4) is 0 Å². The lowest BCUT2D eigenvalue weighted by Gasteiger charge is -2.16. The Morgan fingerprint density at radius 1 is 1.07 bits per heavy atom. The molecule has 4 N–H and O–H groups in total. The first kappa shape index (κ1) is 26.6. The maximum Gasteiger partial charge on any atom is 0.324 e. The highest BCUT2D eigenvalue weighted by molar-refractivity contribution is 6.00. The first-order valence-corrected chi connectivity index (χ1v) is 12.9.